The fraction of sp³-hybridized carbons (Fsp3) is 0.318. The number of benzene rings is 1. The van der Waals surface area contributed by atoms with E-state index >= 15 is 0 Å². The minimum Gasteiger partial charge on any atom is -0.458 e. The number of para-hydroxylation sites is 1. The Morgan fingerprint density at radius 2 is 1.90 bits per heavy atom. The zero-order chi connectivity index (χ0) is 21.3. The average Bonchev–Trinajstić information content (AvgIpc) is 3.04. The summed E-state index contributed by atoms with van der Waals surface area (Å²) in [4.78, 5) is 30.7. The summed E-state index contributed by atoms with van der Waals surface area (Å²) in [5.74, 6) is -2.30. The maximum absolute atomic E-state index is 13.6. The molecule has 0 saturated carbocycles. The van der Waals surface area contributed by atoms with Gasteiger partial charge in [-0.15, -0.1) is 0 Å². The van der Waals surface area contributed by atoms with Gasteiger partial charge in [0.1, 0.15) is 6.61 Å². The minimum absolute atomic E-state index is 0.0689. The molecule has 8 nitrogen and oxygen atoms in total. The van der Waals surface area contributed by atoms with Crippen LogP contribution < -0.4 is 5.56 Å². The third kappa shape index (κ3) is 2.13. The summed E-state index contributed by atoms with van der Waals surface area (Å²) in [6.07, 6.45) is 0.0689. The van der Waals surface area contributed by atoms with Crippen molar-refractivity contribution in [3.8, 4) is 11.4 Å². The number of rotatable bonds is 3. The number of fused-ring (bicyclic) bond motifs is 5. The number of methoxy groups -OCH3 is 2. The first-order valence-electron chi connectivity index (χ1n) is 9.61. The fourth-order valence-electron chi connectivity index (χ4n) is 4.48. The first kappa shape index (κ1) is 18.9. The summed E-state index contributed by atoms with van der Waals surface area (Å²) in [7, 11) is 2.90. The molecule has 0 amide bonds. The van der Waals surface area contributed by atoms with Crippen LogP contribution in [0.3, 0.4) is 0 Å². The molecule has 8 heteroatoms. The molecule has 30 heavy (non-hydrogen) atoms. The van der Waals surface area contributed by atoms with Gasteiger partial charge in [0.15, 0.2) is 5.60 Å². The second-order valence-corrected chi connectivity index (χ2v) is 7.42. The van der Waals surface area contributed by atoms with Crippen molar-refractivity contribution in [3.05, 3.63) is 63.4 Å². The number of pyridine rings is 2. The molecule has 2 aliphatic rings. The summed E-state index contributed by atoms with van der Waals surface area (Å²) in [5, 5.41) is 11.9. The number of hydrogen-bond acceptors (Lipinski definition) is 7. The van der Waals surface area contributed by atoms with Crippen LogP contribution in [0.1, 0.15) is 30.0 Å². The molecule has 3 aromatic rings. The maximum Gasteiger partial charge on any atom is 0.343 e. The van der Waals surface area contributed by atoms with E-state index in [-0.39, 0.29) is 24.2 Å². The Balaban J connectivity index is 1.92. The molecule has 0 aliphatic carbocycles. The number of ether oxygens (including phenoxy) is 3. The van der Waals surface area contributed by atoms with Gasteiger partial charge in [-0.05, 0) is 24.6 Å². The quantitative estimate of drug-likeness (QED) is 0.522. The van der Waals surface area contributed by atoms with Crippen LogP contribution in [0.25, 0.3) is 22.3 Å². The third-order valence-electron chi connectivity index (χ3n) is 6.11. The van der Waals surface area contributed by atoms with Crippen molar-refractivity contribution in [3.63, 3.8) is 0 Å². The Bertz CT molecular complexity index is 1280. The van der Waals surface area contributed by atoms with Gasteiger partial charge in [0.25, 0.3) is 11.5 Å². The Hall–Kier alpha value is -3.07. The predicted molar refractivity (Wildman–Crippen MR) is 107 cm³/mol. The lowest BCUT2D eigenvalue weighted by Gasteiger charge is -2.34. The molecule has 0 spiro atoms. The largest absolute Gasteiger partial charge is 0.458 e. The van der Waals surface area contributed by atoms with E-state index < -0.39 is 23.0 Å². The van der Waals surface area contributed by atoms with E-state index in [0.717, 1.165) is 10.9 Å². The first-order valence-corrected chi connectivity index (χ1v) is 9.61. The van der Waals surface area contributed by atoms with E-state index in [9.17, 15) is 14.7 Å². The van der Waals surface area contributed by atoms with Crippen LogP contribution in [0.2, 0.25) is 0 Å². The van der Waals surface area contributed by atoms with Gasteiger partial charge >= 0.3 is 5.97 Å². The highest BCUT2D eigenvalue weighted by molar-refractivity contribution is 5.86. The van der Waals surface area contributed by atoms with Crippen molar-refractivity contribution in [1.29, 1.82) is 0 Å². The number of nitrogens with zero attached hydrogens (tertiary/aromatic N) is 2. The molecule has 0 unspecified atom stereocenters. The Labute approximate surface area is 171 Å². The predicted octanol–water partition coefficient (Wildman–Crippen LogP) is 1.98. The SMILES string of the molecule is CC[C@@]1(O)C(=O)OCc2c1cc1n(c2=O)C(OC)(OC)c2cc3ccccc3nc2-1. The third-order valence-corrected chi connectivity index (χ3v) is 6.11. The van der Waals surface area contributed by atoms with E-state index in [4.69, 9.17) is 19.2 Å². The summed E-state index contributed by atoms with van der Waals surface area (Å²) in [5.41, 5.74) is 0.274. The lowest BCUT2D eigenvalue weighted by molar-refractivity contribution is -0.232. The van der Waals surface area contributed by atoms with Crippen LogP contribution in [-0.2, 0) is 37.1 Å². The lowest BCUT2D eigenvalue weighted by atomic mass is 9.86. The van der Waals surface area contributed by atoms with E-state index in [2.05, 4.69) is 0 Å². The highest BCUT2D eigenvalue weighted by Gasteiger charge is 2.51. The van der Waals surface area contributed by atoms with Crippen LogP contribution in [0.5, 0.6) is 0 Å². The number of aliphatic hydroxyl groups is 1. The average molecular weight is 408 g/mol. The van der Waals surface area contributed by atoms with Crippen LogP contribution in [0, 0.1) is 0 Å². The summed E-state index contributed by atoms with van der Waals surface area (Å²) < 4.78 is 18.0. The van der Waals surface area contributed by atoms with Crippen LogP contribution >= 0.6 is 0 Å². The van der Waals surface area contributed by atoms with Crippen molar-refractivity contribution in [1.82, 2.24) is 9.55 Å². The van der Waals surface area contributed by atoms with Crippen molar-refractivity contribution >= 4 is 16.9 Å². The van der Waals surface area contributed by atoms with Crippen LogP contribution in [-0.4, -0.2) is 34.8 Å². The molecular weight excluding hydrogens is 388 g/mol. The summed E-state index contributed by atoms with van der Waals surface area (Å²) in [6.45, 7) is 1.43. The standard InChI is InChI=1S/C22H20N2O6/c1-4-21(27)14-10-17-18-15(9-12-7-5-6-8-16(12)23-18)22(28-2,29-3)24(17)19(25)13(14)11-30-20(21)26/h5-10,27H,4,11H2,1-3H3/t21-/m0/s1. The van der Waals surface area contributed by atoms with Crippen molar-refractivity contribution in [2.24, 2.45) is 0 Å². The van der Waals surface area contributed by atoms with Gasteiger partial charge in [-0.3, -0.25) is 4.79 Å². The van der Waals surface area contributed by atoms with Gasteiger partial charge in [0, 0.05) is 25.2 Å². The zero-order valence-corrected chi connectivity index (χ0v) is 16.8. The van der Waals surface area contributed by atoms with Crippen molar-refractivity contribution < 1.29 is 24.1 Å². The molecule has 0 fully saturated rings. The maximum atomic E-state index is 13.6. The molecule has 4 heterocycles. The van der Waals surface area contributed by atoms with E-state index in [1.54, 1.807) is 13.0 Å². The number of carbonyl (C=O) groups excluding carboxylic acids is 1. The number of cyclic esters (lactones) is 1. The molecular formula is C22H20N2O6. The topological polar surface area (TPSA) is 99.9 Å². The number of carbonyl (C=O) groups is 1. The molecule has 1 N–H and O–H groups in total. The highest BCUT2D eigenvalue weighted by atomic mass is 16.7. The molecule has 0 radical (unpaired) electrons. The van der Waals surface area contributed by atoms with E-state index in [1.807, 2.05) is 30.3 Å². The molecule has 154 valence electrons. The molecule has 2 aliphatic heterocycles. The second-order valence-electron chi connectivity index (χ2n) is 7.42. The van der Waals surface area contributed by atoms with Gasteiger partial charge in [0.05, 0.1) is 28.0 Å². The van der Waals surface area contributed by atoms with Crippen LogP contribution in [0.4, 0.5) is 0 Å². The lowest BCUT2D eigenvalue weighted by Crippen LogP contribution is -2.48. The van der Waals surface area contributed by atoms with E-state index in [0.29, 0.717) is 17.0 Å². The normalized spacial score (nSPS) is 21.1. The van der Waals surface area contributed by atoms with Gasteiger partial charge in [-0.25, -0.2) is 14.3 Å². The monoisotopic (exact) mass is 408 g/mol. The van der Waals surface area contributed by atoms with Gasteiger partial charge in [-0.2, -0.15) is 0 Å². The number of hydrogen-bond donors (Lipinski definition) is 1. The first-order chi connectivity index (χ1) is 14.4. The van der Waals surface area contributed by atoms with Gasteiger partial charge in [-0.1, -0.05) is 25.1 Å². The molecule has 0 bridgehead atoms. The molecule has 1 atom stereocenters. The number of aromatic nitrogens is 2. The highest BCUT2D eigenvalue weighted by Crippen LogP contribution is 2.46. The van der Waals surface area contributed by atoms with Crippen molar-refractivity contribution in [2.75, 3.05) is 14.2 Å². The Kier molecular flexibility index (Phi) is 3.92. The Morgan fingerprint density at radius 1 is 1.17 bits per heavy atom. The molecule has 2 aromatic heterocycles. The fourth-order valence-corrected chi connectivity index (χ4v) is 4.48. The summed E-state index contributed by atoms with van der Waals surface area (Å²) >= 11 is 0. The second kappa shape index (κ2) is 6.21. The van der Waals surface area contributed by atoms with Crippen molar-refractivity contribution in [2.45, 2.75) is 31.5 Å². The van der Waals surface area contributed by atoms with Gasteiger partial charge in [0.2, 0.25) is 0 Å². The van der Waals surface area contributed by atoms with Crippen LogP contribution in [0.15, 0.2) is 41.2 Å². The molecule has 5 rings (SSSR count). The van der Waals surface area contributed by atoms with Gasteiger partial charge < -0.3 is 19.3 Å². The minimum atomic E-state index is -1.90. The molecule has 1 aromatic carbocycles. The smallest absolute Gasteiger partial charge is 0.343 e. The molecule has 0 saturated heterocycles. The van der Waals surface area contributed by atoms with E-state index in [1.165, 1.54) is 18.8 Å². The summed E-state index contributed by atoms with van der Waals surface area (Å²) in [6, 6.07) is 11.1. The Morgan fingerprint density at radius 3 is 2.60 bits per heavy atom. The zero-order valence-electron chi connectivity index (χ0n) is 16.8. The number of esters is 1.